The maximum atomic E-state index is 11.8. The van der Waals surface area contributed by atoms with Crippen molar-refractivity contribution >= 4 is 11.8 Å². The van der Waals surface area contributed by atoms with Crippen LogP contribution in [0.2, 0.25) is 0 Å². The van der Waals surface area contributed by atoms with Crippen molar-refractivity contribution in [1.29, 1.82) is 0 Å². The highest BCUT2D eigenvalue weighted by molar-refractivity contribution is 7.98. The Morgan fingerprint density at radius 1 is 1.58 bits per heavy atom. The van der Waals surface area contributed by atoms with Crippen LogP contribution in [-0.2, 0) is 9.68 Å². The summed E-state index contributed by atoms with van der Waals surface area (Å²) in [6.45, 7) is 0. The zero-order valence-corrected chi connectivity index (χ0v) is 7.56. The van der Waals surface area contributed by atoms with Gasteiger partial charge in [-0.3, -0.25) is 0 Å². The minimum Gasteiger partial charge on any atom is -0.449 e. The fourth-order valence-electron chi connectivity index (χ4n) is 0.767. The SMILES string of the molecule is COC(OF)c1ccc(SC)o1. The molecule has 0 N–H and O–H groups in total. The second kappa shape index (κ2) is 4.49. The van der Waals surface area contributed by atoms with E-state index in [1.54, 1.807) is 12.1 Å². The zero-order chi connectivity index (χ0) is 8.97. The van der Waals surface area contributed by atoms with E-state index in [1.165, 1.54) is 18.9 Å². The molecule has 0 aromatic carbocycles. The highest BCUT2D eigenvalue weighted by atomic mass is 32.2. The van der Waals surface area contributed by atoms with Crippen LogP contribution in [0.1, 0.15) is 12.1 Å². The molecule has 0 radical (unpaired) electrons. The van der Waals surface area contributed by atoms with Crippen LogP contribution in [0.4, 0.5) is 4.53 Å². The van der Waals surface area contributed by atoms with Gasteiger partial charge in [-0.2, -0.15) is 4.94 Å². The summed E-state index contributed by atoms with van der Waals surface area (Å²) < 4.78 is 21.6. The molecule has 0 amide bonds. The van der Waals surface area contributed by atoms with Gasteiger partial charge >= 0.3 is 0 Å². The van der Waals surface area contributed by atoms with Crippen molar-refractivity contribution < 1.29 is 18.6 Å². The number of furan rings is 1. The van der Waals surface area contributed by atoms with E-state index < -0.39 is 6.29 Å². The van der Waals surface area contributed by atoms with Crippen molar-refractivity contribution in [3.63, 3.8) is 0 Å². The zero-order valence-electron chi connectivity index (χ0n) is 6.74. The number of methoxy groups -OCH3 is 1. The van der Waals surface area contributed by atoms with Gasteiger partial charge in [0.05, 0.1) is 0 Å². The average Bonchev–Trinajstić information content (AvgIpc) is 2.55. The van der Waals surface area contributed by atoms with E-state index in [0.717, 1.165) is 0 Å². The third-order valence-electron chi connectivity index (χ3n) is 1.33. The van der Waals surface area contributed by atoms with Gasteiger partial charge in [-0.05, 0) is 22.9 Å². The quantitative estimate of drug-likeness (QED) is 0.542. The predicted octanol–water partition coefficient (Wildman–Crippen LogP) is 2.55. The molecular weight excluding hydrogens is 183 g/mol. The highest BCUT2D eigenvalue weighted by Crippen LogP contribution is 2.25. The number of ether oxygens (including phenoxy) is 1. The monoisotopic (exact) mass is 192 g/mol. The Kier molecular flexibility index (Phi) is 3.58. The van der Waals surface area contributed by atoms with Gasteiger partial charge in [0, 0.05) is 7.11 Å². The molecule has 12 heavy (non-hydrogen) atoms. The maximum absolute atomic E-state index is 11.8. The van der Waals surface area contributed by atoms with Gasteiger partial charge in [0.1, 0.15) is 0 Å². The summed E-state index contributed by atoms with van der Waals surface area (Å²) in [5.41, 5.74) is 0. The molecule has 1 rings (SSSR count). The van der Waals surface area contributed by atoms with E-state index in [1.807, 2.05) is 6.26 Å². The number of halogens is 1. The Bertz CT molecular complexity index is 234. The van der Waals surface area contributed by atoms with Crippen LogP contribution in [-0.4, -0.2) is 13.4 Å². The molecule has 0 bridgehead atoms. The van der Waals surface area contributed by atoms with Crippen molar-refractivity contribution in [2.75, 3.05) is 13.4 Å². The van der Waals surface area contributed by atoms with Gasteiger partial charge in [0.2, 0.25) is 0 Å². The Morgan fingerprint density at radius 2 is 2.33 bits per heavy atom. The Labute approximate surface area is 73.7 Å². The molecule has 68 valence electrons. The fraction of sp³-hybridized carbons (Fsp3) is 0.429. The van der Waals surface area contributed by atoms with Crippen molar-refractivity contribution in [1.82, 2.24) is 0 Å². The molecule has 1 aromatic rings. The molecule has 0 fully saturated rings. The number of thioether (sulfide) groups is 1. The topological polar surface area (TPSA) is 31.6 Å². The normalized spacial score (nSPS) is 13.2. The summed E-state index contributed by atoms with van der Waals surface area (Å²) in [5, 5.41) is 0.698. The van der Waals surface area contributed by atoms with E-state index in [4.69, 9.17) is 4.42 Å². The summed E-state index contributed by atoms with van der Waals surface area (Å²) in [6.07, 6.45) is 0.798. The van der Waals surface area contributed by atoms with Crippen molar-refractivity contribution in [3.05, 3.63) is 17.9 Å². The number of hydrogen-bond acceptors (Lipinski definition) is 4. The van der Waals surface area contributed by atoms with Crippen LogP contribution in [0, 0.1) is 0 Å². The second-order valence-electron chi connectivity index (χ2n) is 2.02. The molecule has 5 heteroatoms. The van der Waals surface area contributed by atoms with E-state index in [9.17, 15) is 4.53 Å². The molecule has 0 aliphatic heterocycles. The van der Waals surface area contributed by atoms with E-state index in [0.29, 0.717) is 10.9 Å². The van der Waals surface area contributed by atoms with Crippen LogP contribution >= 0.6 is 11.8 Å². The van der Waals surface area contributed by atoms with Crippen LogP contribution in [0.25, 0.3) is 0 Å². The van der Waals surface area contributed by atoms with Gasteiger partial charge in [0.25, 0.3) is 6.29 Å². The second-order valence-corrected chi connectivity index (χ2v) is 2.83. The molecule has 0 aliphatic rings. The Hall–Kier alpha value is -0.520. The molecule has 0 spiro atoms. The summed E-state index contributed by atoms with van der Waals surface area (Å²) in [7, 11) is 1.34. The van der Waals surface area contributed by atoms with Crippen LogP contribution in [0.3, 0.4) is 0 Å². The van der Waals surface area contributed by atoms with Crippen molar-refractivity contribution in [2.45, 2.75) is 11.4 Å². The minimum absolute atomic E-state index is 0.323. The average molecular weight is 192 g/mol. The molecule has 3 nitrogen and oxygen atoms in total. The summed E-state index contributed by atoms with van der Waals surface area (Å²) in [6, 6.07) is 3.34. The van der Waals surface area contributed by atoms with Gasteiger partial charge in [-0.15, -0.1) is 0 Å². The summed E-state index contributed by atoms with van der Waals surface area (Å²) in [5.74, 6) is 0.323. The molecule has 1 atom stereocenters. The number of hydrogen-bond donors (Lipinski definition) is 0. The molecule has 0 aliphatic carbocycles. The van der Waals surface area contributed by atoms with E-state index in [2.05, 4.69) is 9.68 Å². The van der Waals surface area contributed by atoms with Crippen LogP contribution in [0.15, 0.2) is 21.6 Å². The molecule has 1 aromatic heterocycles. The highest BCUT2D eigenvalue weighted by Gasteiger charge is 2.15. The minimum atomic E-state index is -1.06. The third-order valence-corrected chi connectivity index (χ3v) is 1.95. The van der Waals surface area contributed by atoms with Gasteiger partial charge in [-0.25, -0.2) is 0 Å². The smallest absolute Gasteiger partial charge is 0.255 e. The van der Waals surface area contributed by atoms with Crippen molar-refractivity contribution in [2.24, 2.45) is 0 Å². The Morgan fingerprint density at radius 3 is 2.75 bits per heavy atom. The predicted molar refractivity (Wildman–Crippen MR) is 42.4 cm³/mol. The van der Waals surface area contributed by atoms with Gasteiger partial charge in [-0.1, -0.05) is 11.8 Å². The first-order chi connectivity index (χ1) is 5.81. The lowest BCUT2D eigenvalue weighted by Gasteiger charge is -2.05. The third kappa shape index (κ3) is 2.00. The van der Waals surface area contributed by atoms with Gasteiger partial charge in [0.15, 0.2) is 10.9 Å². The lowest BCUT2D eigenvalue weighted by Crippen LogP contribution is -1.99. The lowest BCUT2D eigenvalue weighted by atomic mass is 10.4. The van der Waals surface area contributed by atoms with Crippen LogP contribution in [0.5, 0.6) is 0 Å². The first-order valence-electron chi connectivity index (χ1n) is 3.25. The first-order valence-corrected chi connectivity index (χ1v) is 4.48. The maximum Gasteiger partial charge on any atom is 0.255 e. The van der Waals surface area contributed by atoms with E-state index >= 15 is 0 Å². The molecule has 0 saturated heterocycles. The number of rotatable bonds is 4. The standard InChI is InChI=1S/C7H9FO3S/c1-9-7(11-8)5-3-4-6(10-5)12-2/h3-4,7H,1-2H3. The molecule has 1 heterocycles. The van der Waals surface area contributed by atoms with Crippen molar-refractivity contribution in [3.8, 4) is 0 Å². The summed E-state index contributed by atoms with van der Waals surface area (Å²) >= 11 is 1.43. The fourth-order valence-corrected chi connectivity index (χ4v) is 1.15. The Balaban J connectivity index is 2.72. The van der Waals surface area contributed by atoms with Crippen LogP contribution < -0.4 is 0 Å². The largest absolute Gasteiger partial charge is 0.449 e. The molecule has 1 unspecified atom stereocenters. The van der Waals surface area contributed by atoms with E-state index in [-0.39, 0.29) is 0 Å². The lowest BCUT2D eigenvalue weighted by molar-refractivity contribution is -0.277. The summed E-state index contributed by atoms with van der Waals surface area (Å²) in [4.78, 5) is 3.52. The van der Waals surface area contributed by atoms with Gasteiger partial charge < -0.3 is 9.15 Å². The first kappa shape index (κ1) is 9.57. The molecule has 0 saturated carbocycles. The molecular formula is C7H9FO3S.